The van der Waals surface area contributed by atoms with Gasteiger partial charge in [0.2, 0.25) is 0 Å². The number of nitrogens with two attached hydrogens (primary N) is 1. The third kappa shape index (κ3) is 2.97. The molecule has 118 valence electrons. The molecule has 0 atom stereocenters. The fourth-order valence-corrected chi connectivity index (χ4v) is 2.77. The van der Waals surface area contributed by atoms with Gasteiger partial charge in [-0.3, -0.25) is 0 Å². The Balaban J connectivity index is 2.25. The third-order valence-electron chi connectivity index (χ3n) is 4.06. The fraction of sp³-hybridized carbons (Fsp3) is 0.222. The van der Waals surface area contributed by atoms with Crippen LogP contribution in [0.4, 0.5) is 4.39 Å². The summed E-state index contributed by atoms with van der Waals surface area (Å²) in [7, 11) is 0. The van der Waals surface area contributed by atoms with E-state index in [4.69, 9.17) is 18.0 Å². The average Bonchev–Trinajstić information content (AvgIpc) is 2.83. The molecule has 0 aliphatic rings. The normalized spacial score (nSPS) is 11.1. The second-order valence-corrected chi connectivity index (χ2v) is 6.23. The van der Waals surface area contributed by atoms with Gasteiger partial charge in [-0.1, -0.05) is 24.4 Å². The van der Waals surface area contributed by atoms with Crippen LogP contribution in [0.3, 0.4) is 0 Å². The molecule has 0 aliphatic heterocycles. The first-order chi connectivity index (χ1) is 11.0. The van der Waals surface area contributed by atoms with E-state index in [1.807, 2.05) is 23.6 Å². The molecule has 3 nitrogen and oxygen atoms in total. The summed E-state index contributed by atoms with van der Waals surface area (Å²) in [4.78, 5) is 5.10. The van der Waals surface area contributed by atoms with Crippen LogP contribution in [0.25, 0.3) is 22.4 Å². The van der Waals surface area contributed by atoms with E-state index in [1.54, 1.807) is 12.1 Å². The molecule has 0 amide bonds. The number of imidazole rings is 1. The second kappa shape index (κ2) is 6.08. The minimum atomic E-state index is -0.284. The lowest BCUT2D eigenvalue weighted by atomic mass is 10.1. The summed E-state index contributed by atoms with van der Waals surface area (Å²) in [6.45, 7) is 4.69. The van der Waals surface area contributed by atoms with Crippen LogP contribution in [0.1, 0.15) is 17.5 Å². The van der Waals surface area contributed by atoms with Crippen LogP contribution in [-0.4, -0.2) is 14.5 Å². The largest absolute Gasteiger partial charge is 0.393 e. The summed E-state index contributed by atoms with van der Waals surface area (Å²) in [5.41, 5.74) is 10.3. The number of halogens is 1. The first-order valence-corrected chi connectivity index (χ1v) is 7.89. The Morgan fingerprint density at radius 3 is 2.61 bits per heavy atom. The Morgan fingerprint density at radius 1 is 1.22 bits per heavy atom. The van der Waals surface area contributed by atoms with Gasteiger partial charge in [0.15, 0.2) is 0 Å². The number of aryl methyl sites for hydroxylation is 3. The van der Waals surface area contributed by atoms with E-state index in [2.05, 4.69) is 18.0 Å². The Hall–Kier alpha value is -2.27. The molecule has 3 aromatic rings. The van der Waals surface area contributed by atoms with Crippen molar-refractivity contribution in [2.45, 2.75) is 26.8 Å². The van der Waals surface area contributed by atoms with Gasteiger partial charge in [-0.15, -0.1) is 0 Å². The summed E-state index contributed by atoms with van der Waals surface area (Å²) in [5, 5.41) is 0. The number of nitrogens with zero attached hydrogens (tertiary/aromatic N) is 2. The van der Waals surface area contributed by atoms with Crippen molar-refractivity contribution in [3.63, 3.8) is 0 Å². The van der Waals surface area contributed by atoms with Crippen LogP contribution in [0.5, 0.6) is 0 Å². The molecule has 0 aliphatic carbocycles. The van der Waals surface area contributed by atoms with E-state index < -0.39 is 0 Å². The van der Waals surface area contributed by atoms with Crippen molar-refractivity contribution in [2.24, 2.45) is 5.73 Å². The molecule has 1 heterocycles. The predicted octanol–water partition coefficient (Wildman–Crippen LogP) is 4.14. The van der Waals surface area contributed by atoms with Crippen LogP contribution >= 0.6 is 12.2 Å². The highest BCUT2D eigenvalue weighted by molar-refractivity contribution is 7.80. The number of thiocarbonyl (C=S) groups is 1. The molecule has 0 spiro atoms. The predicted molar refractivity (Wildman–Crippen MR) is 96.0 cm³/mol. The van der Waals surface area contributed by atoms with Gasteiger partial charge in [0.05, 0.1) is 21.6 Å². The zero-order chi connectivity index (χ0) is 16.6. The molecular formula is C18H18FN3S. The quantitative estimate of drug-likeness (QED) is 0.733. The third-order valence-corrected chi connectivity index (χ3v) is 4.26. The summed E-state index contributed by atoms with van der Waals surface area (Å²) in [5.74, 6) is 0.326. The van der Waals surface area contributed by atoms with Crippen molar-refractivity contribution in [3.05, 3.63) is 53.3 Å². The van der Waals surface area contributed by atoms with Crippen molar-refractivity contribution >= 4 is 28.2 Å². The van der Waals surface area contributed by atoms with Crippen LogP contribution in [0.2, 0.25) is 0 Å². The molecular weight excluding hydrogens is 309 g/mol. The van der Waals surface area contributed by atoms with Crippen LogP contribution in [0.15, 0.2) is 36.4 Å². The molecule has 23 heavy (non-hydrogen) atoms. The first kappa shape index (κ1) is 15.6. The highest BCUT2D eigenvalue weighted by atomic mass is 32.1. The fourth-order valence-electron chi connectivity index (χ4n) is 2.68. The van der Waals surface area contributed by atoms with Crippen molar-refractivity contribution in [2.75, 3.05) is 0 Å². The van der Waals surface area contributed by atoms with Gasteiger partial charge in [-0.05, 0) is 49.2 Å². The molecule has 2 N–H and O–H groups in total. The summed E-state index contributed by atoms with van der Waals surface area (Å²) in [6.07, 6.45) is 0.551. The molecule has 2 aromatic carbocycles. The van der Waals surface area contributed by atoms with Gasteiger partial charge in [0, 0.05) is 13.0 Å². The highest BCUT2D eigenvalue weighted by Crippen LogP contribution is 2.28. The van der Waals surface area contributed by atoms with E-state index in [-0.39, 0.29) is 5.82 Å². The number of fused-ring (bicyclic) bond motifs is 1. The SMILES string of the molecule is Cc1cc2nc(-c3ccccc3F)n(CCC(N)=S)c2cc1C. The molecule has 0 saturated carbocycles. The Kier molecular flexibility index (Phi) is 4.13. The lowest BCUT2D eigenvalue weighted by Gasteiger charge is -2.10. The molecule has 0 bridgehead atoms. The van der Waals surface area contributed by atoms with E-state index >= 15 is 0 Å². The summed E-state index contributed by atoms with van der Waals surface area (Å²) < 4.78 is 16.2. The first-order valence-electron chi connectivity index (χ1n) is 7.48. The molecule has 0 radical (unpaired) electrons. The van der Waals surface area contributed by atoms with Gasteiger partial charge in [-0.2, -0.15) is 0 Å². The summed E-state index contributed by atoms with van der Waals surface area (Å²) >= 11 is 4.99. The number of benzene rings is 2. The Morgan fingerprint density at radius 2 is 1.91 bits per heavy atom. The van der Waals surface area contributed by atoms with E-state index in [0.717, 1.165) is 16.6 Å². The topological polar surface area (TPSA) is 43.8 Å². The maximum Gasteiger partial charge on any atom is 0.144 e. The van der Waals surface area contributed by atoms with Crippen LogP contribution in [0, 0.1) is 19.7 Å². The Bertz CT molecular complexity index is 899. The molecule has 3 rings (SSSR count). The minimum absolute atomic E-state index is 0.284. The van der Waals surface area contributed by atoms with Crippen molar-refractivity contribution in [1.82, 2.24) is 9.55 Å². The number of rotatable bonds is 4. The van der Waals surface area contributed by atoms with Crippen molar-refractivity contribution in [1.29, 1.82) is 0 Å². The maximum atomic E-state index is 14.2. The lowest BCUT2D eigenvalue weighted by Crippen LogP contribution is -2.12. The number of aromatic nitrogens is 2. The van der Waals surface area contributed by atoms with Gasteiger partial charge < -0.3 is 10.3 Å². The van der Waals surface area contributed by atoms with Gasteiger partial charge in [0.25, 0.3) is 0 Å². The van der Waals surface area contributed by atoms with E-state index in [0.29, 0.717) is 29.3 Å². The zero-order valence-corrected chi connectivity index (χ0v) is 14.0. The van der Waals surface area contributed by atoms with Gasteiger partial charge >= 0.3 is 0 Å². The van der Waals surface area contributed by atoms with E-state index in [1.165, 1.54) is 11.6 Å². The molecule has 5 heteroatoms. The summed E-state index contributed by atoms with van der Waals surface area (Å²) in [6, 6.07) is 10.8. The highest BCUT2D eigenvalue weighted by Gasteiger charge is 2.16. The standard InChI is InChI=1S/C18H18FN3S/c1-11-9-15-16(10-12(11)2)22(8-7-17(20)23)18(21-15)13-5-3-4-6-14(13)19/h3-6,9-10H,7-8H2,1-2H3,(H2,20,23). The zero-order valence-electron chi connectivity index (χ0n) is 13.1. The van der Waals surface area contributed by atoms with Crippen molar-refractivity contribution in [3.8, 4) is 11.4 Å². The van der Waals surface area contributed by atoms with E-state index in [9.17, 15) is 4.39 Å². The van der Waals surface area contributed by atoms with Gasteiger partial charge in [0.1, 0.15) is 11.6 Å². The molecule has 1 aromatic heterocycles. The maximum absolute atomic E-state index is 14.2. The number of hydrogen-bond donors (Lipinski definition) is 1. The average molecular weight is 327 g/mol. The second-order valence-electron chi connectivity index (χ2n) is 5.71. The molecule has 0 unspecified atom stereocenters. The smallest absolute Gasteiger partial charge is 0.144 e. The molecule has 0 fully saturated rings. The Labute approximate surface area is 139 Å². The van der Waals surface area contributed by atoms with Crippen LogP contribution < -0.4 is 5.73 Å². The molecule has 0 saturated heterocycles. The van der Waals surface area contributed by atoms with Gasteiger partial charge in [-0.25, -0.2) is 9.37 Å². The van der Waals surface area contributed by atoms with Crippen molar-refractivity contribution < 1.29 is 4.39 Å². The lowest BCUT2D eigenvalue weighted by molar-refractivity contribution is 0.627. The minimum Gasteiger partial charge on any atom is -0.393 e. The monoisotopic (exact) mass is 327 g/mol. The van der Waals surface area contributed by atoms with Crippen LogP contribution in [-0.2, 0) is 6.54 Å². The number of hydrogen-bond acceptors (Lipinski definition) is 2.